The van der Waals surface area contributed by atoms with Crippen LogP contribution in [0.3, 0.4) is 0 Å². The van der Waals surface area contributed by atoms with Crippen LogP contribution in [0.1, 0.15) is 22.2 Å². The second-order valence-electron chi connectivity index (χ2n) is 3.57. The van der Waals surface area contributed by atoms with Gasteiger partial charge < -0.3 is 4.74 Å². The zero-order valence-electron chi connectivity index (χ0n) is 9.84. The normalized spacial score (nSPS) is 9.78. The van der Waals surface area contributed by atoms with E-state index in [1.807, 2.05) is 18.2 Å². The van der Waals surface area contributed by atoms with Gasteiger partial charge in [-0.05, 0) is 36.8 Å². The topological polar surface area (TPSA) is 50.1 Å². The van der Waals surface area contributed by atoms with Crippen LogP contribution in [0.5, 0.6) is 0 Å². The molecule has 90 valence electrons. The minimum Gasteiger partial charge on any atom is -0.462 e. The van der Waals surface area contributed by atoms with Gasteiger partial charge in [-0.3, -0.25) is 0 Å². The number of rotatable bonds is 3. The van der Waals surface area contributed by atoms with Crippen LogP contribution in [0.4, 0.5) is 0 Å². The third-order valence-electron chi connectivity index (χ3n) is 2.38. The van der Waals surface area contributed by atoms with Crippen molar-refractivity contribution in [1.82, 2.24) is 0 Å². The van der Waals surface area contributed by atoms with Gasteiger partial charge in [-0.2, -0.15) is 5.26 Å². The molecular formula is C14H11NO2S. The molecule has 2 aromatic rings. The molecule has 1 heterocycles. The summed E-state index contributed by atoms with van der Waals surface area (Å²) in [5, 5.41) is 8.73. The summed E-state index contributed by atoms with van der Waals surface area (Å²) in [4.78, 5) is 13.1. The molecule has 4 heteroatoms. The summed E-state index contributed by atoms with van der Waals surface area (Å²) < 4.78 is 4.94. The van der Waals surface area contributed by atoms with Crippen LogP contribution in [0, 0.1) is 11.3 Å². The first-order valence-corrected chi connectivity index (χ1v) is 6.33. The molecule has 0 N–H and O–H groups in total. The molecular weight excluding hydrogens is 246 g/mol. The van der Waals surface area contributed by atoms with Gasteiger partial charge >= 0.3 is 5.97 Å². The maximum absolute atomic E-state index is 11.5. The van der Waals surface area contributed by atoms with E-state index in [1.165, 1.54) is 11.3 Å². The predicted octanol–water partition coefficient (Wildman–Crippen LogP) is 3.46. The van der Waals surface area contributed by atoms with Crippen LogP contribution in [-0.2, 0) is 4.74 Å². The summed E-state index contributed by atoms with van der Waals surface area (Å²) in [5.74, 6) is -0.289. The summed E-state index contributed by atoms with van der Waals surface area (Å²) in [5.41, 5.74) is 1.62. The van der Waals surface area contributed by atoms with Crippen molar-refractivity contribution in [2.24, 2.45) is 0 Å². The smallest absolute Gasteiger partial charge is 0.348 e. The van der Waals surface area contributed by atoms with Crippen molar-refractivity contribution >= 4 is 17.3 Å². The molecule has 0 spiro atoms. The third kappa shape index (κ3) is 2.58. The summed E-state index contributed by atoms with van der Waals surface area (Å²) in [6, 6.07) is 13.0. The van der Waals surface area contributed by atoms with E-state index in [-0.39, 0.29) is 5.97 Å². The van der Waals surface area contributed by atoms with E-state index in [0.717, 1.165) is 10.4 Å². The molecule has 0 aliphatic carbocycles. The van der Waals surface area contributed by atoms with Gasteiger partial charge in [0.1, 0.15) is 4.88 Å². The number of hydrogen-bond acceptors (Lipinski definition) is 4. The number of benzene rings is 1. The van der Waals surface area contributed by atoms with Crippen LogP contribution < -0.4 is 0 Å². The van der Waals surface area contributed by atoms with Crippen LogP contribution in [0.2, 0.25) is 0 Å². The highest BCUT2D eigenvalue weighted by atomic mass is 32.1. The Morgan fingerprint density at radius 3 is 2.61 bits per heavy atom. The number of ether oxygens (including phenoxy) is 1. The first-order valence-electron chi connectivity index (χ1n) is 5.52. The molecule has 1 aromatic heterocycles. The van der Waals surface area contributed by atoms with Crippen LogP contribution in [-0.4, -0.2) is 12.6 Å². The number of carbonyl (C=O) groups is 1. The standard InChI is InChI=1S/C14H11NO2S/c1-2-17-14(16)13-8-7-12(18-13)11-5-3-10(9-15)4-6-11/h3-8H,2H2,1H3. The zero-order chi connectivity index (χ0) is 13.0. The highest BCUT2D eigenvalue weighted by Gasteiger charge is 2.10. The maximum atomic E-state index is 11.5. The number of hydrogen-bond donors (Lipinski definition) is 0. The van der Waals surface area contributed by atoms with Gasteiger partial charge in [-0.1, -0.05) is 12.1 Å². The number of nitrogens with zero attached hydrogens (tertiary/aromatic N) is 1. The van der Waals surface area contributed by atoms with Crippen molar-refractivity contribution in [2.75, 3.05) is 6.61 Å². The molecule has 0 radical (unpaired) electrons. The van der Waals surface area contributed by atoms with E-state index >= 15 is 0 Å². The monoisotopic (exact) mass is 257 g/mol. The molecule has 0 saturated carbocycles. The lowest BCUT2D eigenvalue weighted by Crippen LogP contribution is -2.01. The Hall–Kier alpha value is -2.12. The predicted molar refractivity (Wildman–Crippen MR) is 70.4 cm³/mol. The fraction of sp³-hybridized carbons (Fsp3) is 0.143. The average molecular weight is 257 g/mol. The van der Waals surface area contributed by atoms with Gasteiger partial charge in [0.05, 0.1) is 18.2 Å². The van der Waals surface area contributed by atoms with Gasteiger partial charge in [-0.25, -0.2) is 4.79 Å². The highest BCUT2D eigenvalue weighted by molar-refractivity contribution is 7.17. The van der Waals surface area contributed by atoms with Crippen molar-refractivity contribution < 1.29 is 9.53 Å². The second-order valence-corrected chi connectivity index (χ2v) is 4.66. The van der Waals surface area contributed by atoms with Gasteiger partial charge in [0, 0.05) is 4.88 Å². The molecule has 0 amide bonds. The van der Waals surface area contributed by atoms with Crippen LogP contribution in [0.25, 0.3) is 10.4 Å². The summed E-state index contributed by atoms with van der Waals surface area (Å²) in [7, 11) is 0. The summed E-state index contributed by atoms with van der Waals surface area (Å²) >= 11 is 1.39. The van der Waals surface area contributed by atoms with Gasteiger partial charge in [-0.15, -0.1) is 11.3 Å². The molecule has 0 atom stereocenters. The Bertz CT molecular complexity index is 593. The molecule has 0 fully saturated rings. The minimum absolute atomic E-state index is 0.289. The van der Waals surface area contributed by atoms with Gasteiger partial charge in [0.2, 0.25) is 0 Å². The van der Waals surface area contributed by atoms with E-state index in [0.29, 0.717) is 17.0 Å². The van der Waals surface area contributed by atoms with Crippen molar-refractivity contribution in [3.8, 4) is 16.5 Å². The van der Waals surface area contributed by atoms with Crippen molar-refractivity contribution in [3.05, 3.63) is 46.8 Å². The van der Waals surface area contributed by atoms with Gasteiger partial charge in [0.15, 0.2) is 0 Å². The number of nitriles is 1. The fourth-order valence-electron chi connectivity index (χ4n) is 1.51. The second kappa shape index (κ2) is 5.48. The fourth-order valence-corrected chi connectivity index (χ4v) is 2.42. The molecule has 3 nitrogen and oxygen atoms in total. The molecule has 0 unspecified atom stereocenters. The van der Waals surface area contributed by atoms with E-state index in [2.05, 4.69) is 6.07 Å². The molecule has 0 saturated heterocycles. The van der Waals surface area contributed by atoms with Crippen molar-refractivity contribution in [1.29, 1.82) is 5.26 Å². The first kappa shape index (κ1) is 12.3. The maximum Gasteiger partial charge on any atom is 0.348 e. The lowest BCUT2D eigenvalue weighted by molar-refractivity contribution is 0.0532. The number of esters is 1. The number of carbonyl (C=O) groups excluding carboxylic acids is 1. The summed E-state index contributed by atoms with van der Waals surface area (Å²) in [6.45, 7) is 2.16. The third-order valence-corrected chi connectivity index (χ3v) is 3.50. The Morgan fingerprint density at radius 1 is 1.28 bits per heavy atom. The van der Waals surface area contributed by atoms with E-state index in [4.69, 9.17) is 10.00 Å². The average Bonchev–Trinajstić information content (AvgIpc) is 2.89. The lowest BCUT2D eigenvalue weighted by atomic mass is 10.1. The Morgan fingerprint density at radius 2 is 2.00 bits per heavy atom. The van der Waals surface area contributed by atoms with Crippen molar-refractivity contribution in [3.63, 3.8) is 0 Å². The molecule has 18 heavy (non-hydrogen) atoms. The quantitative estimate of drug-likeness (QED) is 0.791. The first-order chi connectivity index (χ1) is 8.74. The van der Waals surface area contributed by atoms with Crippen LogP contribution in [0.15, 0.2) is 36.4 Å². The largest absolute Gasteiger partial charge is 0.462 e. The Kier molecular flexibility index (Phi) is 3.75. The van der Waals surface area contributed by atoms with E-state index in [1.54, 1.807) is 25.1 Å². The van der Waals surface area contributed by atoms with Gasteiger partial charge in [0.25, 0.3) is 0 Å². The minimum atomic E-state index is -0.289. The van der Waals surface area contributed by atoms with E-state index < -0.39 is 0 Å². The van der Waals surface area contributed by atoms with Crippen LogP contribution >= 0.6 is 11.3 Å². The molecule has 0 aliphatic rings. The SMILES string of the molecule is CCOC(=O)c1ccc(-c2ccc(C#N)cc2)s1. The highest BCUT2D eigenvalue weighted by Crippen LogP contribution is 2.28. The Labute approximate surface area is 109 Å². The summed E-state index contributed by atoms with van der Waals surface area (Å²) in [6.07, 6.45) is 0. The Balaban J connectivity index is 2.24. The molecule has 2 rings (SSSR count). The lowest BCUT2D eigenvalue weighted by Gasteiger charge is -1.98. The zero-order valence-corrected chi connectivity index (χ0v) is 10.7. The number of thiophene rings is 1. The van der Waals surface area contributed by atoms with Crippen molar-refractivity contribution in [2.45, 2.75) is 6.92 Å². The molecule has 1 aromatic carbocycles. The molecule has 0 bridgehead atoms. The molecule has 0 aliphatic heterocycles. The van der Waals surface area contributed by atoms with E-state index in [9.17, 15) is 4.79 Å².